The molecule has 10 aromatic rings. The van der Waals surface area contributed by atoms with Crippen molar-refractivity contribution >= 4 is 43.6 Å². The van der Waals surface area contributed by atoms with Gasteiger partial charge in [0, 0.05) is 21.5 Å². The van der Waals surface area contributed by atoms with Gasteiger partial charge in [0.25, 0.3) is 0 Å². The van der Waals surface area contributed by atoms with E-state index in [1.807, 2.05) is 26.0 Å². The monoisotopic (exact) mass is 720 g/mol. The van der Waals surface area contributed by atoms with Crippen molar-refractivity contribution in [2.75, 3.05) is 0 Å². The van der Waals surface area contributed by atoms with Gasteiger partial charge in [0.15, 0.2) is 5.82 Å². The van der Waals surface area contributed by atoms with Gasteiger partial charge in [0.05, 0.1) is 50.6 Å². The predicted molar refractivity (Wildman–Crippen MR) is 228 cm³/mol. The zero-order valence-electron chi connectivity index (χ0n) is 31.5. The van der Waals surface area contributed by atoms with E-state index < -0.39 is 0 Å². The third kappa shape index (κ3) is 5.20. The molecular weight excluding hydrogens is 685 g/mol. The van der Waals surface area contributed by atoms with E-state index in [4.69, 9.17) is 9.97 Å². The van der Waals surface area contributed by atoms with E-state index in [-0.39, 0.29) is 0 Å². The standard InChI is InChI=1S/C50H36N6/c1-30-13-5-7-15-37(30)35-21-23-41-39-17-9-11-19-43(39)55(45(41)27-35)47-25-34(29-51)26-48(49(47)50-53-32(3)52-33(4)54-50)56-44-20-12-10-18-40(44)42-24-22-36(28-46(42)56)38-16-8-6-14-31(38)2/h5-28H,1-4H3. The first kappa shape index (κ1) is 33.2. The number of para-hydroxylation sites is 2. The Hall–Kier alpha value is -7.36. The zero-order valence-corrected chi connectivity index (χ0v) is 31.5. The summed E-state index contributed by atoms with van der Waals surface area (Å²) in [6, 6.07) is 53.9. The molecule has 3 aromatic heterocycles. The van der Waals surface area contributed by atoms with Crippen LogP contribution < -0.4 is 0 Å². The Morgan fingerprint density at radius 3 is 1.34 bits per heavy atom. The van der Waals surface area contributed by atoms with Crippen molar-refractivity contribution < 1.29 is 0 Å². The van der Waals surface area contributed by atoms with Crippen LogP contribution >= 0.6 is 0 Å². The summed E-state index contributed by atoms with van der Waals surface area (Å²) in [4.78, 5) is 14.7. The summed E-state index contributed by atoms with van der Waals surface area (Å²) < 4.78 is 4.60. The number of nitriles is 1. The fourth-order valence-corrected chi connectivity index (χ4v) is 8.57. The minimum absolute atomic E-state index is 0.531. The average molecular weight is 721 g/mol. The molecule has 10 rings (SSSR count). The number of aryl methyl sites for hydroxylation is 4. The molecule has 0 aliphatic rings. The minimum Gasteiger partial charge on any atom is -0.308 e. The highest BCUT2D eigenvalue weighted by Crippen LogP contribution is 2.43. The van der Waals surface area contributed by atoms with Crippen LogP contribution in [-0.4, -0.2) is 24.1 Å². The van der Waals surface area contributed by atoms with E-state index in [9.17, 15) is 5.26 Å². The number of hydrogen-bond donors (Lipinski definition) is 0. The molecule has 6 heteroatoms. The fourth-order valence-electron chi connectivity index (χ4n) is 8.57. The number of hydrogen-bond acceptors (Lipinski definition) is 4. The van der Waals surface area contributed by atoms with E-state index in [2.05, 4.69) is 167 Å². The Labute approximate surface area is 324 Å². The van der Waals surface area contributed by atoms with E-state index in [0.29, 0.717) is 23.0 Å². The maximum absolute atomic E-state index is 10.8. The fraction of sp³-hybridized carbons (Fsp3) is 0.0800. The van der Waals surface area contributed by atoms with Crippen molar-refractivity contribution in [3.8, 4) is 51.1 Å². The van der Waals surface area contributed by atoms with Crippen molar-refractivity contribution in [2.24, 2.45) is 0 Å². The molecule has 0 saturated heterocycles. The number of aromatic nitrogens is 5. The van der Waals surface area contributed by atoms with Crippen molar-refractivity contribution in [3.05, 3.63) is 174 Å². The van der Waals surface area contributed by atoms with Crippen molar-refractivity contribution in [1.82, 2.24) is 24.1 Å². The molecule has 0 spiro atoms. The summed E-state index contributed by atoms with van der Waals surface area (Å²) in [6.45, 7) is 8.12. The van der Waals surface area contributed by atoms with Gasteiger partial charge in [-0.2, -0.15) is 5.26 Å². The largest absolute Gasteiger partial charge is 0.308 e. The second-order valence-corrected chi connectivity index (χ2v) is 14.6. The molecule has 0 unspecified atom stereocenters. The molecule has 0 aliphatic heterocycles. The molecule has 0 aliphatic carbocycles. The van der Waals surface area contributed by atoms with Crippen LogP contribution in [-0.2, 0) is 0 Å². The highest BCUT2D eigenvalue weighted by molar-refractivity contribution is 6.13. The lowest BCUT2D eigenvalue weighted by Gasteiger charge is -2.20. The van der Waals surface area contributed by atoms with Crippen molar-refractivity contribution in [2.45, 2.75) is 27.7 Å². The number of nitrogens with zero attached hydrogens (tertiary/aromatic N) is 6. The normalized spacial score (nSPS) is 11.6. The third-order valence-corrected chi connectivity index (χ3v) is 11.0. The Morgan fingerprint density at radius 1 is 0.446 bits per heavy atom. The minimum atomic E-state index is 0.531. The molecular formula is C50H36N6. The molecule has 56 heavy (non-hydrogen) atoms. The first-order valence-electron chi connectivity index (χ1n) is 18.8. The first-order chi connectivity index (χ1) is 27.4. The number of fused-ring (bicyclic) bond motifs is 6. The van der Waals surface area contributed by atoms with Crippen LogP contribution in [0.5, 0.6) is 0 Å². The van der Waals surface area contributed by atoms with Crippen molar-refractivity contribution in [3.63, 3.8) is 0 Å². The van der Waals surface area contributed by atoms with Gasteiger partial charge in [-0.15, -0.1) is 0 Å². The summed E-state index contributed by atoms with van der Waals surface area (Å²) in [5.41, 5.74) is 14.1. The SMILES string of the molecule is Cc1nc(C)nc(-c2c(-n3c4ccccc4c4ccc(-c5ccccc5C)cc43)cc(C#N)cc2-n2c3ccccc3c3ccc(-c4ccccc4C)cc32)n1. The molecule has 0 amide bonds. The van der Waals surface area contributed by atoms with Gasteiger partial charge in [-0.25, -0.2) is 15.0 Å². The molecule has 0 fully saturated rings. The zero-order chi connectivity index (χ0) is 38.1. The lowest BCUT2D eigenvalue weighted by atomic mass is 9.99. The van der Waals surface area contributed by atoms with E-state index >= 15 is 0 Å². The lowest BCUT2D eigenvalue weighted by molar-refractivity contribution is 0.924. The maximum Gasteiger partial charge on any atom is 0.167 e. The summed E-state index contributed by atoms with van der Waals surface area (Å²) in [5.74, 6) is 1.80. The van der Waals surface area contributed by atoms with Gasteiger partial charge in [-0.05, 0) is 97.5 Å². The Morgan fingerprint density at radius 2 is 0.875 bits per heavy atom. The molecule has 3 heterocycles. The van der Waals surface area contributed by atoms with E-state index in [1.165, 1.54) is 22.3 Å². The summed E-state index contributed by atoms with van der Waals surface area (Å²) >= 11 is 0. The quantitative estimate of drug-likeness (QED) is 0.177. The predicted octanol–water partition coefficient (Wildman–Crippen LogP) is 12.2. The van der Waals surface area contributed by atoms with Crippen LogP contribution in [0, 0.1) is 39.0 Å². The van der Waals surface area contributed by atoms with Gasteiger partial charge in [0.2, 0.25) is 0 Å². The first-order valence-corrected chi connectivity index (χ1v) is 18.8. The molecule has 6 nitrogen and oxygen atoms in total. The Bertz CT molecular complexity index is 3060. The smallest absolute Gasteiger partial charge is 0.167 e. The molecule has 7 aromatic carbocycles. The third-order valence-electron chi connectivity index (χ3n) is 11.0. The van der Waals surface area contributed by atoms with Gasteiger partial charge in [-0.3, -0.25) is 0 Å². The van der Waals surface area contributed by atoms with Crippen LogP contribution in [0.25, 0.3) is 88.6 Å². The highest BCUT2D eigenvalue weighted by Gasteiger charge is 2.25. The Kier molecular flexibility index (Phi) is 7.65. The van der Waals surface area contributed by atoms with Gasteiger partial charge in [0.1, 0.15) is 11.6 Å². The van der Waals surface area contributed by atoms with Crippen molar-refractivity contribution in [1.29, 1.82) is 5.26 Å². The van der Waals surface area contributed by atoms with E-state index in [1.54, 1.807) is 0 Å². The maximum atomic E-state index is 10.8. The van der Waals surface area contributed by atoms with Gasteiger partial charge < -0.3 is 9.13 Å². The van der Waals surface area contributed by atoms with Crippen LogP contribution in [0.3, 0.4) is 0 Å². The van der Waals surface area contributed by atoms with Gasteiger partial charge in [-0.1, -0.05) is 109 Å². The molecule has 0 atom stereocenters. The summed E-state index contributed by atoms with van der Waals surface area (Å²) in [6.07, 6.45) is 0. The van der Waals surface area contributed by atoms with Crippen LogP contribution in [0.2, 0.25) is 0 Å². The molecule has 0 radical (unpaired) electrons. The summed E-state index contributed by atoms with van der Waals surface area (Å²) in [7, 11) is 0. The molecule has 266 valence electrons. The highest BCUT2D eigenvalue weighted by atomic mass is 15.1. The van der Waals surface area contributed by atoms with E-state index in [0.717, 1.165) is 71.7 Å². The molecule has 0 bridgehead atoms. The average Bonchev–Trinajstić information content (AvgIpc) is 3.72. The molecule has 0 saturated carbocycles. The number of rotatable bonds is 5. The summed E-state index contributed by atoms with van der Waals surface area (Å²) in [5, 5.41) is 15.3. The molecule has 0 N–H and O–H groups in total. The number of benzene rings is 7. The van der Waals surface area contributed by atoms with Gasteiger partial charge >= 0.3 is 0 Å². The Balaban J connectivity index is 1.38. The van der Waals surface area contributed by atoms with Crippen LogP contribution in [0.1, 0.15) is 28.3 Å². The lowest BCUT2D eigenvalue weighted by Crippen LogP contribution is -2.08. The second-order valence-electron chi connectivity index (χ2n) is 14.6. The van der Waals surface area contributed by atoms with Crippen LogP contribution in [0.15, 0.2) is 146 Å². The topological polar surface area (TPSA) is 72.3 Å². The second kappa shape index (κ2) is 12.9. The van der Waals surface area contributed by atoms with Crippen LogP contribution in [0.4, 0.5) is 0 Å².